The summed E-state index contributed by atoms with van der Waals surface area (Å²) in [7, 11) is 0. The summed E-state index contributed by atoms with van der Waals surface area (Å²) >= 11 is 0. The first kappa shape index (κ1) is 19.4. The number of carbonyl (C=O) groups is 3. The molecule has 0 unspecified atom stereocenters. The van der Waals surface area contributed by atoms with Crippen molar-refractivity contribution in [3.63, 3.8) is 0 Å². The Hall–Kier alpha value is -3.35. The molecular formula is C21H23N3O4. The standard InChI is InChI=1S/C21H23N3O4/c1-14-6-5-7-16(15(14)2)23-19(25)12-22-20(26)13-24-17-8-3-4-9-18(17)28-11-10-21(24)27/h3-9H,10-13H2,1-2H3,(H,22,26)(H,23,25). The van der Waals surface area contributed by atoms with E-state index in [1.165, 1.54) is 4.90 Å². The van der Waals surface area contributed by atoms with Crippen LogP contribution in [0.25, 0.3) is 0 Å². The molecule has 0 atom stereocenters. The van der Waals surface area contributed by atoms with Crippen LogP contribution in [0, 0.1) is 13.8 Å². The van der Waals surface area contributed by atoms with Gasteiger partial charge in [0.1, 0.15) is 12.3 Å². The second kappa shape index (κ2) is 8.56. The first-order valence-electron chi connectivity index (χ1n) is 9.10. The van der Waals surface area contributed by atoms with E-state index < -0.39 is 5.91 Å². The third kappa shape index (κ3) is 4.49. The number of nitrogens with one attached hydrogen (secondary N) is 2. The minimum absolute atomic E-state index is 0.171. The van der Waals surface area contributed by atoms with Crippen molar-refractivity contribution >= 4 is 29.1 Å². The summed E-state index contributed by atoms with van der Waals surface area (Å²) in [5.74, 6) is -0.372. The van der Waals surface area contributed by atoms with Crippen LogP contribution < -0.4 is 20.3 Å². The van der Waals surface area contributed by atoms with Gasteiger partial charge in [-0.3, -0.25) is 19.3 Å². The zero-order chi connectivity index (χ0) is 20.1. The fourth-order valence-electron chi connectivity index (χ4n) is 2.95. The molecule has 0 radical (unpaired) electrons. The molecule has 0 aromatic heterocycles. The number of hydrogen-bond acceptors (Lipinski definition) is 4. The van der Waals surface area contributed by atoms with E-state index in [2.05, 4.69) is 10.6 Å². The first-order valence-corrected chi connectivity index (χ1v) is 9.10. The summed E-state index contributed by atoms with van der Waals surface area (Å²) in [6.07, 6.45) is 0.190. The summed E-state index contributed by atoms with van der Waals surface area (Å²) in [6.45, 7) is 3.81. The number of rotatable bonds is 5. The van der Waals surface area contributed by atoms with Gasteiger partial charge in [-0.25, -0.2) is 0 Å². The van der Waals surface area contributed by atoms with Gasteiger partial charge in [0.25, 0.3) is 0 Å². The van der Waals surface area contributed by atoms with Crippen LogP contribution in [0.3, 0.4) is 0 Å². The Kier molecular flexibility index (Phi) is 5.93. The molecule has 1 heterocycles. The Morgan fingerprint density at radius 1 is 1.07 bits per heavy atom. The van der Waals surface area contributed by atoms with Crippen molar-refractivity contribution in [3.8, 4) is 5.75 Å². The van der Waals surface area contributed by atoms with E-state index in [1.54, 1.807) is 18.2 Å². The number of para-hydroxylation sites is 2. The van der Waals surface area contributed by atoms with Crippen LogP contribution in [0.4, 0.5) is 11.4 Å². The zero-order valence-electron chi connectivity index (χ0n) is 16.0. The van der Waals surface area contributed by atoms with E-state index in [0.29, 0.717) is 17.1 Å². The summed E-state index contributed by atoms with van der Waals surface area (Å²) in [5.41, 5.74) is 3.32. The molecule has 2 aromatic carbocycles. The number of carbonyl (C=O) groups excluding carboxylic acids is 3. The van der Waals surface area contributed by atoms with Crippen molar-refractivity contribution in [3.05, 3.63) is 53.6 Å². The molecule has 1 aliphatic rings. The van der Waals surface area contributed by atoms with Gasteiger partial charge in [0.15, 0.2) is 0 Å². The van der Waals surface area contributed by atoms with Crippen LogP contribution in [0.2, 0.25) is 0 Å². The highest BCUT2D eigenvalue weighted by Crippen LogP contribution is 2.30. The number of nitrogens with zero attached hydrogens (tertiary/aromatic N) is 1. The average Bonchev–Trinajstić information content (AvgIpc) is 2.83. The molecule has 0 saturated carbocycles. The predicted molar refractivity (Wildman–Crippen MR) is 106 cm³/mol. The molecule has 0 spiro atoms. The second-order valence-corrected chi connectivity index (χ2v) is 6.62. The minimum Gasteiger partial charge on any atom is -0.491 e. The Morgan fingerprint density at radius 3 is 2.68 bits per heavy atom. The molecule has 3 rings (SSSR count). The SMILES string of the molecule is Cc1cccc(NC(=O)CNC(=O)CN2C(=O)CCOc3ccccc32)c1C. The molecule has 146 valence electrons. The molecule has 0 bridgehead atoms. The summed E-state index contributed by atoms with van der Waals surface area (Å²) in [6, 6.07) is 12.7. The van der Waals surface area contributed by atoms with Crippen LogP contribution >= 0.6 is 0 Å². The highest BCUT2D eigenvalue weighted by Gasteiger charge is 2.25. The van der Waals surface area contributed by atoms with Gasteiger partial charge >= 0.3 is 0 Å². The molecule has 7 nitrogen and oxygen atoms in total. The van der Waals surface area contributed by atoms with Gasteiger partial charge < -0.3 is 15.4 Å². The third-order valence-corrected chi connectivity index (χ3v) is 4.66. The fraction of sp³-hybridized carbons (Fsp3) is 0.286. The van der Waals surface area contributed by atoms with Crippen molar-refractivity contribution in [2.24, 2.45) is 0 Å². The lowest BCUT2D eigenvalue weighted by Crippen LogP contribution is -2.42. The third-order valence-electron chi connectivity index (χ3n) is 4.66. The number of aryl methyl sites for hydroxylation is 1. The molecule has 1 aliphatic heterocycles. The Labute approximate surface area is 163 Å². The van der Waals surface area contributed by atoms with Gasteiger partial charge in [-0.15, -0.1) is 0 Å². The Bertz CT molecular complexity index is 910. The summed E-state index contributed by atoms with van der Waals surface area (Å²) in [4.78, 5) is 38.2. The van der Waals surface area contributed by atoms with Crippen LogP contribution in [0.5, 0.6) is 5.75 Å². The molecule has 0 fully saturated rings. The van der Waals surface area contributed by atoms with E-state index in [-0.39, 0.29) is 37.9 Å². The van der Waals surface area contributed by atoms with Gasteiger partial charge in [-0.05, 0) is 43.2 Å². The lowest BCUT2D eigenvalue weighted by molar-refractivity contribution is -0.125. The molecule has 2 N–H and O–H groups in total. The van der Waals surface area contributed by atoms with Crippen molar-refractivity contribution in [1.29, 1.82) is 0 Å². The van der Waals surface area contributed by atoms with E-state index in [0.717, 1.165) is 11.1 Å². The number of fused-ring (bicyclic) bond motifs is 1. The quantitative estimate of drug-likeness (QED) is 0.831. The number of hydrogen-bond donors (Lipinski definition) is 2. The largest absolute Gasteiger partial charge is 0.491 e. The highest BCUT2D eigenvalue weighted by atomic mass is 16.5. The predicted octanol–water partition coefficient (Wildman–Crippen LogP) is 2.17. The molecule has 2 aromatic rings. The molecule has 7 heteroatoms. The first-order chi connectivity index (χ1) is 13.5. The summed E-state index contributed by atoms with van der Waals surface area (Å²) < 4.78 is 5.56. The van der Waals surface area contributed by atoms with E-state index in [4.69, 9.17) is 4.74 Å². The minimum atomic E-state index is -0.416. The van der Waals surface area contributed by atoms with Crippen LogP contribution in [0.1, 0.15) is 17.5 Å². The Balaban J connectivity index is 1.59. The summed E-state index contributed by atoms with van der Waals surface area (Å²) in [5, 5.41) is 5.36. The van der Waals surface area contributed by atoms with E-state index in [1.807, 2.05) is 38.1 Å². The Morgan fingerprint density at radius 2 is 1.86 bits per heavy atom. The van der Waals surface area contributed by atoms with Crippen LogP contribution in [-0.2, 0) is 14.4 Å². The number of amides is 3. The fourth-order valence-corrected chi connectivity index (χ4v) is 2.95. The topological polar surface area (TPSA) is 87.7 Å². The number of benzene rings is 2. The normalized spacial score (nSPS) is 13.2. The van der Waals surface area contributed by atoms with E-state index >= 15 is 0 Å². The van der Waals surface area contributed by atoms with Crippen LogP contribution in [0.15, 0.2) is 42.5 Å². The molecule has 28 heavy (non-hydrogen) atoms. The smallest absolute Gasteiger partial charge is 0.243 e. The highest BCUT2D eigenvalue weighted by molar-refractivity contribution is 6.01. The van der Waals surface area contributed by atoms with E-state index in [9.17, 15) is 14.4 Å². The average molecular weight is 381 g/mol. The van der Waals surface area contributed by atoms with Gasteiger partial charge in [-0.1, -0.05) is 24.3 Å². The van der Waals surface area contributed by atoms with Crippen molar-refractivity contribution < 1.29 is 19.1 Å². The molecule has 3 amide bonds. The van der Waals surface area contributed by atoms with Gasteiger partial charge in [0.05, 0.1) is 25.3 Å². The zero-order valence-corrected chi connectivity index (χ0v) is 16.0. The number of ether oxygens (including phenoxy) is 1. The lowest BCUT2D eigenvalue weighted by Gasteiger charge is -2.21. The molecular weight excluding hydrogens is 358 g/mol. The maximum atomic E-state index is 12.3. The lowest BCUT2D eigenvalue weighted by atomic mass is 10.1. The van der Waals surface area contributed by atoms with Crippen LogP contribution in [-0.4, -0.2) is 37.4 Å². The van der Waals surface area contributed by atoms with Crippen molar-refractivity contribution in [2.45, 2.75) is 20.3 Å². The van der Waals surface area contributed by atoms with Crippen molar-refractivity contribution in [2.75, 3.05) is 29.9 Å². The maximum absolute atomic E-state index is 12.3. The van der Waals surface area contributed by atoms with Gasteiger partial charge in [0, 0.05) is 5.69 Å². The second-order valence-electron chi connectivity index (χ2n) is 6.62. The maximum Gasteiger partial charge on any atom is 0.243 e. The molecule has 0 aliphatic carbocycles. The molecule has 0 saturated heterocycles. The van der Waals surface area contributed by atoms with Gasteiger partial charge in [0.2, 0.25) is 17.7 Å². The monoisotopic (exact) mass is 381 g/mol. The van der Waals surface area contributed by atoms with Gasteiger partial charge in [-0.2, -0.15) is 0 Å². The van der Waals surface area contributed by atoms with Crippen molar-refractivity contribution in [1.82, 2.24) is 5.32 Å². The number of anilines is 2.